The van der Waals surface area contributed by atoms with Crippen LogP contribution >= 0.6 is 15.9 Å². The van der Waals surface area contributed by atoms with Crippen LogP contribution in [-0.4, -0.2) is 12.0 Å². The highest BCUT2D eigenvalue weighted by molar-refractivity contribution is 9.10. The van der Waals surface area contributed by atoms with Crippen LogP contribution in [0.1, 0.15) is 0 Å². The van der Waals surface area contributed by atoms with Crippen LogP contribution in [0.15, 0.2) is 40.9 Å². The summed E-state index contributed by atoms with van der Waals surface area (Å²) >= 11 is 3.02. The maximum Gasteiger partial charge on any atom is 0.352 e. The van der Waals surface area contributed by atoms with E-state index in [0.717, 1.165) is 6.07 Å². The molecule has 5 nitrogen and oxygen atoms in total. The number of hydrogen-bond donors (Lipinski definition) is 0. The Morgan fingerprint density at radius 3 is 2.55 bits per heavy atom. The minimum Gasteiger partial charge on any atom is -0.490 e. The van der Waals surface area contributed by atoms with Gasteiger partial charge in [0, 0.05) is 6.07 Å². The fourth-order valence-corrected chi connectivity index (χ4v) is 1.84. The van der Waals surface area contributed by atoms with Crippen molar-refractivity contribution < 1.29 is 18.8 Å². The minimum absolute atomic E-state index is 0.0175. The van der Waals surface area contributed by atoms with Gasteiger partial charge in [-0.3, -0.25) is 10.1 Å². The van der Waals surface area contributed by atoms with Crippen LogP contribution in [0.4, 0.5) is 10.1 Å². The van der Waals surface area contributed by atoms with Crippen molar-refractivity contribution in [2.24, 2.45) is 0 Å². The Kier molecular flexibility index (Phi) is 4.19. The first-order valence-electron chi connectivity index (χ1n) is 5.47. The molecule has 0 amide bonds. The van der Waals surface area contributed by atoms with Crippen LogP contribution in [0.2, 0.25) is 0 Å². The lowest BCUT2D eigenvalue weighted by Crippen LogP contribution is -1.97. The van der Waals surface area contributed by atoms with Crippen LogP contribution in [0.5, 0.6) is 17.2 Å². The van der Waals surface area contributed by atoms with Gasteiger partial charge in [0.1, 0.15) is 11.6 Å². The maximum absolute atomic E-state index is 13.4. The number of halogens is 2. The summed E-state index contributed by atoms with van der Waals surface area (Å²) in [4.78, 5) is 10.5. The van der Waals surface area contributed by atoms with Gasteiger partial charge >= 0.3 is 5.69 Å². The van der Waals surface area contributed by atoms with Crippen molar-refractivity contribution in [2.45, 2.75) is 0 Å². The minimum atomic E-state index is -0.608. The first-order valence-corrected chi connectivity index (χ1v) is 6.26. The summed E-state index contributed by atoms with van der Waals surface area (Å²) in [5.74, 6) is -0.309. The summed E-state index contributed by atoms with van der Waals surface area (Å²) in [7, 11) is 1.32. The first-order chi connectivity index (χ1) is 9.52. The van der Waals surface area contributed by atoms with Gasteiger partial charge in [-0.25, -0.2) is 4.39 Å². The molecule has 0 bridgehead atoms. The van der Waals surface area contributed by atoms with E-state index >= 15 is 0 Å². The van der Waals surface area contributed by atoms with E-state index in [1.165, 1.54) is 31.4 Å². The monoisotopic (exact) mass is 341 g/mol. The summed E-state index contributed by atoms with van der Waals surface area (Å²) in [5.41, 5.74) is -0.307. The quantitative estimate of drug-likeness (QED) is 0.614. The second-order valence-corrected chi connectivity index (χ2v) is 4.60. The van der Waals surface area contributed by atoms with Gasteiger partial charge in [-0.15, -0.1) is 0 Å². The van der Waals surface area contributed by atoms with Gasteiger partial charge in [-0.05, 0) is 40.2 Å². The SMILES string of the molecule is COc1cccc(Oc2ccc(Br)c(F)c2)c1[N+](=O)[O-]. The molecule has 0 aliphatic rings. The van der Waals surface area contributed by atoms with Crippen LogP contribution < -0.4 is 9.47 Å². The van der Waals surface area contributed by atoms with Crippen molar-refractivity contribution in [1.29, 1.82) is 0 Å². The molecule has 0 aliphatic heterocycles. The van der Waals surface area contributed by atoms with Crippen LogP contribution in [0.25, 0.3) is 0 Å². The highest BCUT2D eigenvalue weighted by Gasteiger charge is 2.22. The first kappa shape index (κ1) is 14.3. The maximum atomic E-state index is 13.4. The number of nitro groups is 1. The molecule has 2 rings (SSSR count). The normalized spacial score (nSPS) is 10.2. The number of ether oxygens (including phenoxy) is 2. The molecule has 0 aromatic heterocycles. The molecule has 2 aromatic carbocycles. The second-order valence-electron chi connectivity index (χ2n) is 3.74. The number of benzene rings is 2. The molecule has 0 atom stereocenters. The number of para-hydroxylation sites is 1. The summed E-state index contributed by atoms with van der Waals surface area (Å²) in [6.07, 6.45) is 0. The lowest BCUT2D eigenvalue weighted by molar-refractivity contribution is -0.386. The van der Waals surface area contributed by atoms with E-state index in [1.54, 1.807) is 6.07 Å². The predicted octanol–water partition coefficient (Wildman–Crippen LogP) is 4.30. The standard InChI is InChI=1S/C13H9BrFNO4/c1-19-11-3-2-4-12(13(11)16(17)18)20-8-5-6-9(14)10(15)7-8/h2-7H,1H3. The van der Waals surface area contributed by atoms with Gasteiger partial charge in [0.2, 0.25) is 11.5 Å². The third-order valence-electron chi connectivity index (χ3n) is 2.48. The van der Waals surface area contributed by atoms with E-state index in [4.69, 9.17) is 9.47 Å². The molecule has 0 N–H and O–H groups in total. The lowest BCUT2D eigenvalue weighted by atomic mass is 10.2. The van der Waals surface area contributed by atoms with Gasteiger partial charge in [0.05, 0.1) is 16.5 Å². The number of nitrogens with zero attached hydrogens (tertiary/aromatic N) is 1. The van der Waals surface area contributed by atoms with Crippen molar-refractivity contribution in [3.8, 4) is 17.2 Å². The molecule has 7 heteroatoms. The summed E-state index contributed by atoms with van der Waals surface area (Å²) in [6.45, 7) is 0. The molecule has 0 saturated heterocycles. The third kappa shape index (κ3) is 2.88. The fraction of sp³-hybridized carbons (Fsp3) is 0.0769. The smallest absolute Gasteiger partial charge is 0.352 e. The number of methoxy groups -OCH3 is 1. The Bertz CT molecular complexity index is 663. The molecule has 0 unspecified atom stereocenters. The highest BCUT2D eigenvalue weighted by atomic mass is 79.9. The Balaban J connectivity index is 2.42. The number of hydrogen-bond acceptors (Lipinski definition) is 4. The zero-order chi connectivity index (χ0) is 14.7. The molecule has 0 spiro atoms. The second kappa shape index (κ2) is 5.87. The average molecular weight is 342 g/mol. The predicted molar refractivity (Wildman–Crippen MR) is 73.8 cm³/mol. The van der Waals surface area contributed by atoms with Gasteiger partial charge in [0.25, 0.3) is 0 Å². The van der Waals surface area contributed by atoms with Crippen molar-refractivity contribution in [2.75, 3.05) is 7.11 Å². The van der Waals surface area contributed by atoms with Crippen LogP contribution in [0, 0.1) is 15.9 Å². The average Bonchev–Trinajstić information content (AvgIpc) is 2.42. The molecule has 0 fully saturated rings. The molecule has 0 saturated carbocycles. The van der Waals surface area contributed by atoms with Crippen molar-refractivity contribution >= 4 is 21.6 Å². The van der Waals surface area contributed by atoms with Crippen LogP contribution in [-0.2, 0) is 0 Å². The van der Waals surface area contributed by atoms with Gasteiger partial charge in [-0.2, -0.15) is 0 Å². The molecule has 0 aliphatic carbocycles. The van der Waals surface area contributed by atoms with E-state index in [1.807, 2.05) is 0 Å². The van der Waals surface area contributed by atoms with Crippen molar-refractivity contribution in [1.82, 2.24) is 0 Å². The Morgan fingerprint density at radius 2 is 1.95 bits per heavy atom. The summed E-state index contributed by atoms with van der Waals surface area (Å²) < 4.78 is 24.0. The Labute approximate surface area is 122 Å². The Hall–Kier alpha value is -2.15. The van der Waals surface area contributed by atoms with Crippen molar-refractivity contribution in [3.63, 3.8) is 0 Å². The molecular formula is C13H9BrFNO4. The zero-order valence-electron chi connectivity index (χ0n) is 10.3. The molecular weight excluding hydrogens is 333 g/mol. The third-order valence-corrected chi connectivity index (χ3v) is 3.13. The summed E-state index contributed by atoms with van der Waals surface area (Å²) in [5, 5.41) is 11.1. The van der Waals surface area contributed by atoms with E-state index in [9.17, 15) is 14.5 Å². The van der Waals surface area contributed by atoms with E-state index in [-0.39, 0.29) is 27.4 Å². The van der Waals surface area contributed by atoms with Crippen LogP contribution in [0.3, 0.4) is 0 Å². The Morgan fingerprint density at radius 1 is 1.25 bits per heavy atom. The lowest BCUT2D eigenvalue weighted by Gasteiger charge is -2.09. The van der Waals surface area contributed by atoms with E-state index in [2.05, 4.69) is 15.9 Å². The van der Waals surface area contributed by atoms with Crippen molar-refractivity contribution in [3.05, 3.63) is 56.8 Å². The molecule has 104 valence electrons. The van der Waals surface area contributed by atoms with E-state index in [0.29, 0.717) is 0 Å². The van der Waals surface area contributed by atoms with Gasteiger partial charge in [0.15, 0.2) is 0 Å². The largest absolute Gasteiger partial charge is 0.490 e. The molecule has 2 aromatic rings. The highest BCUT2D eigenvalue weighted by Crippen LogP contribution is 2.39. The summed E-state index contributed by atoms with van der Waals surface area (Å²) in [6, 6.07) is 8.50. The molecule has 0 radical (unpaired) electrons. The zero-order valence-corrected chi connectivity index (χ0v) is 11.9. The fourth-order valence-electron chi connectivity index (χ4n) is 1.60. The number of nitro benzene ring substituents is 1. The van der Waals surface area contributed by atoms with Gasteiger partial charge < -0.3 is 9.47 Å². The molecule has 20 heavy (non-hydrogen) atoms. The topological polar surface area (TPSA) is 61.6 Å². The van der Waals surface area contributed by atoms with Gasteiger partial charge in [-0.1, -0.05) is 6.07 Å². The molecule has 0 heterocycles. The van der Waals surface area contributed by atoms with E-state index < -0.39 is 10.7 Å². The number of rotatable bonds is 4.